The average Bonchev–Trinajstić information content (AvgIpc) is 2.61. The van der Waals surface area contributed by atoms with Crippen LogP contribution in [0.2, 0.25) is 5.15 Å². The molecule has 1 fully saturated rings. The van der Waals surface area contributed by atoms with Crippen molar-refractivity contribution in [2.75, 3.05) is 13.1 Å². The zero-order valence-corrected chi connectivity index (χ0v) is 18.1. The van der Waals surface area contributed by atoms with Gasteiger partial charge in [0.05, 0.1) is 6.54 Å². The number of aromatic nitrogens is 1. The van der Waals surface area contributed by atoms with Crippen LogP contribution >= 0.6 is 35.6 Å². The molecule has 3 rings (SSSR count). The van der Waals surface area contributed by atoms with Crippen LogP contribution in [0.1, 0.15) is 37.3 Å². The monoisotopic (exact) mass is 484 g/mol. The number of guanidine groups is 1. The number of nitrogens with zero attached hydrogens (tertiary/aromatic N) is 2. The third-order valence-electron chi connectivity index (χ3n) is 4.84. The fraction of sp³-hybridized carbons (Fsp3) is 0.400. The topological polar surface area (TPSA) is 49.3 Å². The molecule has 26 heavy (non-hydrogen) atoms. The number of aliphatic imine (C=N–C) groups is 1. The molecule has 0 unspecified atom stereocenters. The third kappa shape index (κ3) is 5.33. The van der Waals surface area contributed by atoms with Gasteiger partial charge in [-0.2, -0.15) is 0 Å². The van der Waals surface area contributed by atoms with E-state index in [-0.39, 0.29) is 29.4 Å². The summed E-state index contributed by atoms with van der Waals surface area (Å²) in [6, 6.07) is 14.6. The normalized spacial score (nSPS) is 15.5. The van der Waals surface area contributed by atoms with Crippen LogP contribution in [-0.2, 0) is 12.0 Å². The molecule has 0 radical (unpaired) electrons. The van der Waals surface area contributed by atoms with Gasteiger partial charge in [-0.1, -0.05) is 54.4 Å². The number of nitrogens with one attached hydrogen (secondary N) is 2. The molecule has 0 amide bonds. The third-order valence-corrected chi connectivity index (χ3v) is 5.07. The SMILES string of the molecule is CCNC(=NCc1ccc(Cl)nc1)NCC1(c2ccccc2)CCC1.I. The number of hydrogen-bond donors (Lipinski definition) is 2. The van der Waals surface area contributed by atoms with Gasteiger partial charge in [-0.05, 0) is 37.0 Å². The van der Waals surface area contributed by atoms with Crippen LogP contribution in [0.25, 0.3) is 0 Å². The van der Waals surface area contributed by atoms with Gasteiger partial charge in [-0.3, -0.25) is 0 Å². The molecule has 4 nitrogen and oxygen atoms in total. The summed E-state index contributed by atoms with van der Waals surface area (Å²) < 4.78 is 0. The summed E-state index contributed by atoms with van der Waals surface area (Å²) in [4.78, 5) is 8.79. The van der Waals surface area contributed by atoms with Crippen LogP contribution in [-0.4, -0.2) is 24.0 Å². The summed E-state index contributed by atoms with van der Waals surface area (Å²) in [5, 5.41) is 7.37. The van der Waals surface area contributed by atoms with Crippen LogP contribution in [0.15, 0.2) is 53.7 Å². The van der Waals surface area contributed by atoms with Gasteiger partial charge in [-0.15, -0.1) is 24.0 Å². The maximum atomic E-state index is 5.83. The first-order chi connectivity index (χ1) is 12.2. The lowest BCUT2D eigenvalue weighted by atomic mass is 9.64. The molecule has 6 heteroatoms. The Morgan fingerprint density at radius 1 is 1.15 bits per heavy atom. The van der Waals surface area contributed by atoms with Crippen molar-refractivity contribution < 1.29 is 0 Å². The minimum Gasteiger partial charge on any atom is -0.357 e. The molecule has 1 aromatic carbocycles. The minimum atomic E-state index is 0. The summed E-state index contributed by atoms with van der Waals surface area (Å²) >= 11 is 5.83. The van der Waals surface area contributed by atoms with Gasteiger partial charge in [0.1, 0.15) is 5.15 Å². The van der Waals surface area contributed by atoms with E-state index >= 15 is 0 Å². The summed E-state index contributed by atoms with van der Waals surface area (Å²) in [5.41, 5.74) is 2.70. The Balaban J connectivity index is 0.00000243. The summed E-state index contributed by atoms with van der Waals surface area (Å²) in [6.45, 7) is 4.40. The summed E-state index contributed by atoms with van der Waals surface area (Å²) in [7, 11) is 0. The fourth-order valence-electron chi connectivity index (χ4n) is 3.23. The highest BCUT2D eigenvalue weighted by Crippen LogP contribution is 2.43. The van der Waals surface area contributed by atoms with Gasteiger partial charge < -0.3 is 10.6 Å². The second-order valence-electron chi connectivity index (χ2n) is 6.54. The Morgan fingerprint density at radius 2 is 1.92 bits per heavy atom. The Bertz CT molecular complexity index is 700. The molecule has 0 aliphatic heterocycles. The molecule has 1 heterocycles. The molecular weight excluding hydrogens is 459 g/mol. The maximum absolute atomic E-state index is 5.83. The number of rotatable bonds is 6. The van der Waals surface area contributed by atoms with Crippen molar-refractivity contribution in [3.8, 4) is 0 Å². The quantitative estimate of drug-likeness (QED) is 0.274. The van der Waals surface area contributed by atoms with E-state index in [0.717, 1.165) is 24.6 Å². The van der Waals surface area contributed by atoms with Gasteiger partial charge in [0.25, 0.3) is 0 Å². The molecule has 1 saturated carbocycles. The fourth-order valence-corrected chi connectivity index (χ4v) is 3.34. The van der Waals surface area contributed by atoms with Crippen LogP contribution in [0.5, 0.6) is 0 Å². The van der Waals surface area contributed by atoms with Gasteiger partial charge in [-0.25, -0.2) is 9.98 Å². The van der Waals surface area contributed by atoms with E-state index in [0.29, 0.717) is 11.7 Å². The molecular formula is C20H26ClIN4. The average molecular weight is 485 g/mol. The summed E-state index contributed by atoms with van der Waals surface area (Å²) in [5.74, 6) is 0.847. The predicted octanol–water partition coefficient (Wildman–Crippen LogP) is 4.53. The maximum Gasteiger partial charge on any atom is 0.191 e. The van der Waals surface area contributed by atoms with E-state index in [1.54, 1.807) is 12.3 Å². The second kappa shape index (κ2) is 10.1. The Labute approximate surface area is 177 Å². The largest absolute Gasteiger partial charge is 0.357 e. The molecule has 0 atom stereocenters. The molecule has 1 aliphatic carbocycles. The van der Waals surface area contributed by atoms with Gasteiger partial charge in [0.15, 0.2) is 5.96 Å². The highest BCUT2D eigenvalue weighted by atomic mass is 127. The van der Waals surface area contributed by atoms with Crippen LogP contribution in [0, 0.1) is 0 Å². The van der Waals surface area contributed by atoms with Crippen LogP contribution in [0.4, 0.5) is 0 Å². The van der Waals surface area contributed by atoms with Gasteiger partial charge >= 0.3 is 0 Å². The van der Waals surface area contributed by atoms with Crippen LogP contribution in [0.3, 0.4) is 0 Å². The lowest BCUT2D eigenvalue weighted by Gasteiger charge is -2.43. The van der Waals surface area contributed by atoms with E-state index in [1.165, 1.54) is 24.8 Å². The highest BCUT2D eigenvalue weighted by Gasteiger charge is 2.38. The van der Waals surface area contributed by atoms with E-state index in [4.69, 9.17) is 11.6 Å². The van der Waals surface area contributed by atoms with Crippen molar-refractivity contribution in [3.05, 3.63) is 64.9 Å². The first kappa shape index (κ1) is 21.0. The molecule has 1 aromatic heterocycles. The van der Waals surface area contributed by atoms with Crippen LogP contribution < -0.4 is 10.6 Å². The van der Waals surface area contributed by atoms with E-state index in [2.05, 4.69) is 57.9 Å². The molecule has 2 aromatic rings. The lowest BCUT2D eigenvalue weighted by Crippen LogP contribution is -2.48. The standard InChI is InChI=1S/C20H25ClN4.HI/c1-2-22-19(24-14-16-9-10-18(21)23-13-16)25-15-20(11-6-12-20)17-7-4-3-5-8-17;/h3-5,7-10,13H,2,6,11-12,14-15H2,1H3,(H2,22,24,25);1H. The minimum absolute atomic E-state index is 0. The van der Waals surface area contributed by atoms with Gasteiger partial charge in [0, 0.05) is 24.7 Å². The van der Waals surface area contributed by atoms with E-state index in [1.807, 2.05) is 6.07 Å². The molecule has 0 bridgehead atoms. The molecule has 0 spiro atoms. The second-order valence-corrected chi connectivity index (χ2v) is 6.93. The predicted molar refractivity (Wildman–Crippen MR) is 119 cm³/mol. The Morgan fingerprint density at radius 3 is 2.50 bits per heavy atom. The Hall–Kier alpha value is -1.34. The number of halogens is 2. The first-order valence-corrected chi connectivity index (χ1v) is 9.28. The van der Waals surface area contributed by atoms with Crippen molar-refractivity contribution in [3.63, 3.8) is 0 Å². The van der Waals surface area contributed by atoms with E-state index < -0.39 is 0 Å². The molecule has 0 saturated heterocycles. The van der Waals surface area contributed by atoms with Gasteiger partial charge in [0.2, 0.25) is 0 Å². The molecule has 2 N–H and O–H groups in total. The van der Waals surface area contributed by atoms with E-state index in [9.17, 15) is 0 Å². The zero-order chi connectivity index (χ0) is 17.5. The molecule has 140 valence electrons. The first-order valence-electron chi connectivity index (χ1n) is 8.90. The number of benzene rings is 1. The van der Waals surface area contributed by atoms with Crippen molar-refractivity contribution in [2.45, 2.75) is 38.1 Å². The van der Waals surface area contributed by atoms with Crippen molar-refractivity contribution >= 4 is 41.5 Å². The highest BCUT2D eigenvalue weighted by molar-refractivity contribution is 14.0. The number of pyridine rings is 1. The van der Waals surface area contributed by atoms with Crippen molar-refractivity contribution in [1.82, 2.24) is 15.6 Å². The van der Waals surface area contributed by atoms with Crippen molar-refractivity contribution in [2.24, 2.45) is 4.99 Å². The Kier molecular flexibility index (Phi) is 8.15. The smallest absolute Gasteiger partial charge is 0.191 e. The summed E-state index contributed by atoms with van der Waals surface area (Å²) in [6.07, 6.45) is 5.52. The van der Waals surface area contributed by atoms with Crippen molar-refractivity contribution in [1.29, 1.82) is 0 Å². The zero-order valence-electron chi connectivity index (χ0n) is 15.0. The molecule has 1 aliphatic rings. The number of hydrogen-bond acceptors (Lipinski definition) is 2. The lowest BCUT2D eigenvalue weighted by molar-refractivity contribution is 0.244.